The van der Waals surface area contributed by atoms with E-state index in [1.54, 1.807) is 36.0 Å². The van der Waals surface area contributed by atoms with Crippen molar-refractivity contribution in [3.05, 3.63) is 107 Å². The van der Waals surface area contributed by atoms with E-state index in [9.17, 15) is 27.1 Å². The fourth-order valence-electron chi connectivity index (χ4n) is 4.62. The minimum atomic E-state index is -4.36. The summed E-state index contributed by atoms with van der Waals surface area (Å²) in [7, 11) is 0. The first-order valence-electron chi connectivity index (χ1n) is 12.6. The molecule has 204 valence electrons. The Morgan fingerprint density at radius 1 is 0.737 bits per heavy atom. The molecule has 4 rings (SSSR count). The van der Waals surface area contributed by atoms with E-state index in [1.165, 1.54) is 36.4 Å². The maximum absolute atomic E-state index is 13.5. The van der Waals surface area contributed by atoms with Crippen LogP contribution in [0.4, 0.5) is 22.0 Å². The highest BCUT2D eigenvalue weighted by Gasteiger charge is 2.30. The summed E-state index contributed by atoms with van der Waals surface area (Å²) in [5.41, 5.74) is 1.93. The molecule has 3 aromatic carbocycles. The van der Waals surface area contributed by atoms with Crippen molar-refractivity contribution in [1.82, 2.24) is 9.80 Å². The first-order chi connectivity index (χ1) is 18.2. The molecule has 1 atom stereocenters. The van der Waals surface area contributed by atoms with Gasteiger partial charge >= 0.3 is 6.18 Å². The smallest absolute Gasteiger partial charge is 0.391 e. The number of β-amino-alcohol motifs (C(OH)–C–C–N with tert-alkyl or cyclic N) is 1. The van der Waals surface area contributed by atoms with E-state index in [2.05, 4.69) is 9.80 Å². The van der Waals surface area contributed by atoms with Crippen LogP contribution in [0.2, 0.25) is 0 Å². The zero-order chi connectivity index (χ0) is 27.1. The number of aliphatic hydroxyl groups excluding tert-OH is 1. The van der Waals surface area contributed by atoms with Crippen molar-refractivity contribution < 1.29 is 27.1 Å². The molecule has 1 aliphatic rings. The largest absolute Gasteiger partial charge is 0.416 e. The van der Waals surface area contributed by atoms with Crippen LogP contribution in [0.5, 0.6) is 0 Å². The average molecular weight is 551 g/mol. The maximum Gasteiger partial charge on any atom is 0.416 e. The van der Waals surface area contributed by atoms with Crippen molar-refractivity contribution in [3.63, 3.8) is 0 Å². The Balaban J connectivity index is 1.22. The van der Waals surface area contributed by atoms with Crippen molar-refractivity contribution >= 4 is 11.8 Å². The molecule has 38 heavy (non-hydrogen) atoms. The third-order valence-electron chi connectivity index (χ3n) is 6.72. The third-order valence-corrected chi connectivity index (χ3v) is 8.02. The summed E-state index contributed by atoms with van der Waals surface area (Å²) in [5.74, 6) is 0.258. The standard InChI is InChI=1S/C29H31F5N2OS/c30-25-9-3-22(4-10-25)28(23-5-11-26(31)12-6-23)38-18-17-35-13-15-36(16-14-35)20-27(37)19-21-1-7-24(8-2-21)29(32,33)34/h1-12,27-28,37H,13-20H2. The van der Waals surface area contributed by atoms with Crippen LogP contribution in [0.3, 0.4) is 0 Å². The molecule has 1 heterocycles. The lowest BCUT2D eigenvalue weighted by Crippen LogP contribution is -2.49. The highest BCUT2D eigenvalue weighted by Crippen LogP contribution is 2.36. The molecule has 1 aliphatic heterocycles. The van der Waals surface area contributed by atoms with Gasteiger partial charge in [0.2, 0.25) is 0 Å². The summed E-state index contributed by atoms with van der Waals surface area (Å²) in [4.78, 5) is 4.54. The molecule has 0 aromatic heterocycles. The Morgan fingerprint density at radius 2 is 1.24 bits per heavy atom. The molecule has 0 amide bonds. The van der Waals surface area contributed by atoms with E-state index in [0.29, 0.717) is 18.5 Å². The summed E-state index contributed by atoms with van der Waals surface area (Å²) in [6.45, 7) is 4.64. The average Bonchev–Trinajstić information content (AvgIpc) is 2.89. The number of hydrogen-bond donors (Lipinski definition) is 1. The SMILES string of the molecule is OC(Cc1ccc(C(F)(F)F)cc1)CN1CCN(CCSC(c2ccc(F)cc2)c2ccc(F)cc2)CC1. The highest BCUT2D eigenvalue weighted by atomic mass is 32.2. The maximum atomic E-state index is 13.5. The second-order valence-corrected chi connectivity index (χ2v) is 10.8. The van der Waals surface area contributed by atoms with Crippen molar-refractivity contribution in [3.8, 4) is 0 Å². The van der Waals surface area contributed by atoms with E-state index in [4.69, 9.17) is 0 Å². The van der Waals surface area contributed by atoms with Gasteiger partial charge in [0.05, 0.1) is 16.9 Å². The molecular weight excluding hydrogens is 519 g/mol. The molecular formula is C29H31F5N2OS. The van der Waals surface area contributed by atoms with Crippen LogP contribution >= 0.6 is 11.8 Å². The lowest BCUT2D eigenvalue weighted by Gasteiger charge is -2.35. The van der Waals surface area contributed by atoms with Gasteiger partial charge in [-0.15, -0.1) is 11.8 Å². The van der Waals surface area contributed by atoms with Crippen LogP contribution in [-0.4, -0.2) is 66.0 Å². The zero-order valence-corrected chi connectivity index (χ0v) is 21.7. The summed E-state index contributed by atoms with van der Waals surface area (Å²) >= 11 is 1.74. The van der Waals surface area contributed by atoms with Gasteiger partial charge < -0.3 is 5.11 Å². The van der Waals surface area contributed by atoms with E-state index in [0.717, 1.165) is 61.7 Å². The number of hydrogen-bond acceptors (Lipinski definition) is 4. The molecule has 0 spiro atoms. The fraction of sp³-hybridized carbons (Fsp3) is 0.379. The van der Waals surface area contributed by atoms with Crippen molar-refractivity contribution in [2.24, 2.45) is 0 Å². The lowest BCUT2D eigenvalue weighted by molar-refractivity contribution is -0.137. The Bertz CT molecular complexity index is 1090. The number of piperazine rings is 1. The number of nitrogens with zero attached hydrogens (tertiary/aromatic N) is 2. The molecule has 0 bridgehead atoms. The number of aliphatic hydroxyl groups is 1. The predicted octanol–water partition coefficient (Wildman–Crippen LogP) is 6.03. The summed E-state index contributed by atoms with van der Waals surface area (Å²) in [5, 5.41) is 10.4. The van der Waals surface area contributed by atoms with Crippen molar-refractivity contribution in [2.75, 3.05) is 45.0 Å². The van der Waals surface area contributed by atoms with Gasteiger partial charge in [0.25, 0.3) is 0 Å². The van der Waals surface area contributed by atoms with Gasteiger partial charge in [-0.1, -0.05) is 36.4 Å². The second kappa shape index (κ2) is 13.1. The van der Waals surface area contributed by atoms with Crippen molar-refractivity contribution in [1.29, 1.82) is 0 Å². The minimum absolute atomic E-state index is 0.0298. The molecule has 1 saturated heterocycles. The molecule has 9 heteroatoms. The number of halogens is 5. The summed E-state index contributed by atoms with van der Waals surface area (Å²) < 4.78 is 65.1. The van der Waals surface area contributed by atoms with E-state index in [1.807, 2.05) is 0 Å². The highest BCUT2D eigenvalue weighted by molar-refractivity contribution is 7.99. The van der Waals surface area contributed by atoms with E-state index in [-0.39, 0.29) is 16.9 Å². The minimum Gasteiger partial charge on any atom is -0.391 e. The van der Waals surface area contributed by atoms with Crippen LogP contribution in [0, 0.1) is 11.6 Å². The molecule has 1 fully saturated rings. The molecule has 1 N–H and O–H groups in total. The molecule has 0 radical (unpaired) electrons. The zero-order valence-electron chi connectivity index (χ0n) is 20.9. The van der Waals surface area contributed by atoms with Gasteiger partial charge in [0.15, 0.2) is 0 Å². The Morgan fingerprint density at radius 3 is 1.74 bits per heavy atom. The third kappa shape index (κ3) is 8.27. The van der Waals surface area contributed by atoms with Crippen LogP contribution in [-0.2, 0) is 12.6 Å². The van der Waals surface area contributed by atoms with Gasteiger partial charge in [-0.05, 0) is 59.5 Å². The van der Waals surface area contributed by atoms with Gasteiger partial charge in [-0.3, -0.25) is 9.80 Å². The van der Waals surface area contributed by atoms with Gasteiger partial charge in [0, 0.05) is 45.0 Å². The van der Waals surface area contributed by atoms with Crippen LogP contribution in [0.25, 0.3) is 0 Å². The number of thioether (sulfide) groups is 1. The first-order valence-corrected chi connectivity index (χ1v) is 13.6. The quantitative estimate of drug-likeness (QED) is 0.312. The molecule has 0 saturated carbocycles. The first kappa shape index (κ1) is 28.5. The molecule has 1 unspecified atom stereocenters. The van der Waals surface area contributed by atoms with Crippen LogP contribution < -0.4 is 0 Å². The Hall–Kier alpha value is -2.46. The summed E-state index contributed by atoms with van der Waals surface area (Å²) in [6.07, 6.45) is -4.71. The summed E-state index contributed by atoms with van der Waals surface area (Å²) in [6, 6.07) is 17.8. The van der Waals surface area contributed by atoms with Gasteiger partial charge in [-0.25, -0.2) is 8.78 Å². The normalized spacial score (nSPS) is 16.2. The molecule has 3 nitrogen and oxygen atoms in total. The van der Waals surface area contributed by atoms with Crippen molar-refractivity contribution in [2.45, 2.75) is 24.0 Å². The fourth-order valence-corrected chi connectivity index (χ4v) is 5.92. The second-order valence-electron chi connectivity index (χ2n) is 9.55. The number of alkyl halides is 3. The lowest BCUT2D eigenvalue weighted by atomic mass is 10.0. The van der Waals surface area contributed by atoms with Crippen LogP contribution in [0.15, 0.2) is 72.8 Å². The number of benzene rings is 3. The monoisotopic (exact) mass is 550 g/mol. The van der Waals surface area contributed by atoms with Gasteiger partial charge in [-0.2, -0.15) is 13.2 Å². The van der Waals surface area contributed by atoms with E-state index >= 15 is 0 Å². The van der Waals surface area contributed by atoms with Crippen LogP contribution in [0.1, 0.15) is 27.5 Å². The molecule has 3 aromatic rings. The Kier molecular flexibility index (Phi) is 9.81. The predicted molar refractivity (Wildman–Crippen MR) is 141 cm³/mol. The topological polar surface area (TPSA) is 26.7 Å². The van der Waals surface area contributed by atoms with Gasteiger partial charge in [0.1, 0.15) is 11.6 Å². The number of rotatable bonds is 10. The Labute approximate surface area is 224 Å². The molecule has 0 aliphatic carbocycles. The van der Waals surface area contributed by atoms with E-state index < -0.39 is 17.8 Å².